The smallest absolute Gasteiger partial charge is 0.237 e. The second-order valence-electron chi connectivity index (χ2n) is 6.26. The van der Waals surface area contributed by atoms with E-state index in [0.717, 1.165) is 22.7 Å². The fourth-order valence-corrected chi connectivity index (χ4v) is 3.59. The first-order valence-corrected chi connectivity index (χ1v) is 9.93. The number of thioether (sulfide) groups is 1. The van der Waals surface area contributed by atoms with Crippen LogP contribution < -0.4 is 10.1 Å². The molecule has 1 atom stereocenters. The van der Waals surface area contributed by atoms with Crippen LogP contribution in [-0.2, 0) is 11.8 Å². The van der Waals surface area contributed by atoms with Crippen molar-refractivity contribution in [2.75, 3.05) is 12.4 Å². The summed E-state index contributed by atoms with van der Waals surface area (Å²) in [7, 11) is 3.51. The molecule has 1 N–H and O–H groups in total. The van der Waals surface area contributed by atoms with Crippen molar-refractivity contribution in [2.24, 2.45) is 7.05 Å². The molecule has 3 rings (SSSR count). The Balaban J connectivity index is 1.71. The zero-order valence-corrected chi connectivity index (χ0v) is 17.6. The Hall–Kier alpha value is -2.51. The number of nitrogens with zero attached hydrogens (tertiary/aromatic N) is 3. The third-order valence-corrected chi connectivity index (χ3v) is 5.90. The second kappa shape index (κ2) is 8.67. The van der Waals surface area contributed by atoms with E-state index in [1.165, 1.54) is 11.8 Å². The molecule has 0 aliphatic rings. The Morgan fingerprint density at radius 1 is 1.21 bits per heavy atom. The maximum atomic E-state index is 12.6. The number of carbonyl (C=O) groups is 1. The number of ether oxygens (including phenoxy) is 1. The normalized spacial score (nSPS) is 11.9. The molecule has 0 saturated carbocycles. The lowest BCUT2D eigenvalue weighted by molar-refractivity contribution is -0.115. The quantitative estimate of drug-likeness (QED) is 0.596. The first-order chi connectivity index (χ1) is 13.4. The Morgan fingerprint density at radius 3 is 2.61 bits per heavy atom. The Kier molecular flexibility index (Phi) is 6.26. The van der Waals surface area contributed by atoms with Crippen LogP contribution in [0.1, 0.15) is 12.5 Å². The van der Waals surface area contributed by atoms with E-state index in [2.05, 4.69) is 15.5 Å². The molecule has 2 aromatic carbocycles. The molecule has 8 heteroatoms. The number of benzene rings is 2. The first-order valence-electron chi connectivity index (χ1n) is 8.67. The topological polar surface area (TPSA) is 69.0 Å². The van der Waals surface area contributed by atoms with Crippen molar-refractivity contribution in [1.29, 1.82) is 0 Å². The SMILES string of the molecule is COc1ccc(-c2nnc(S[C@H](C)C(=O)Nc3cccc(Cl)c3C)n2C)cc1. The molecule has 0 fully saturated rings. The summed E-state index contributed by atoms with van der Waals surface area (Å²) in [4.78, 5) is 12.6. The van der Waals surface area contributed by atoms with Gasteiger partial charge in [-0.1, -0.05) is 29.4 Å². The van der Waals surface area contributed by atoms with Crippen LogP contribution in [-0.4, -0.2) is 33.0 Å². The molecule has 146 valence electrons. The van der Waals surface area contributed by atoms with Gasteiger partial charge in [0.2, 0.25) is 5.91 Å². The molecule has 6 nitrogen and oxygen atoms in total. The van der Waals surface area contributed by atoms with Gasteiger partial charge in [-0.3, -0.25) is 4.79 Å². The Bertz CT molecular complexity index is 988. The van der Waals surface area contributed by atoms with Gasteiger partial charge in [0, 0.05) is 23.3 Å². The molecule has 0 spiro atoms. The predicted octanol–water partition coefficient (Wildman–Crippen LogP) is 4.57. The Labute approximate surface area is 173 Å². The molecular formula is C20H21ClN4O2S. The van der Waals surface area contributed by atoms with Gasteiger partial charge in [-0.2, -0.15) is 0 Å². The minimum atomic E-state index is -0.356. The minimum absolute atomic E-state index is 0.121. The summed E-state index contributed by atoms with van der Waals surface area (Å²) < 4.78 is 7.06. The summed E-state index contributed by atoms with van der Waals surface area (Å²) >= 11 is 7.47. The maximum Gasteiger partial charge on any atom is 0.237 e. The summed E-state index contributed by atoms with van der Waals surface area (Å²) in [5, 5.41) is 12.4. The summed E-state index contributed by atoms with van der Waals surface area (Å²) in [5.41, 5.74) is 2.48. The van der Waals surface area contributed by atoms with Crippen LogP contribution in [0.2, 0.25) is 5.02 Å². The van der Waals surface area contributed by atoms with Crippen molar-refractivity contribution >= 4 is 35.0 Å². The van der Waals surface area contributed by atoms with Crippen LogP contribution in [0.5, 0.6) is 5.75 Å². The number of rotatable bonds is 6. The van der Waals surface area contributed by atoms with Gasteiger partial charge in [0.15, 0.2) is 11.0 Å². The number of anilines is 1. The molecule has 0 saturated heterocycles. The van der Waals surface area contributed by atoms with Crippen LogP contribution >= 0.6 is 23.4 Å². The fourth-order valence-electron chi connectivity index (χ4n) is 2.60. The largest absolute Gasteiger partial charge is 0.497 e. The number of hydrogen-bond donors (Lipinski definition) is 1. The van der Waals surface area contributed by atoms with Crippen molar-refractivity contribution in [2.45, 2.75) is 24.3 Å². The fraction of sp³-hybridized carbons (Fsp3) is 0.250. The van der Waals surface area contributed by atoms with Crippen LogP contribution in [0.3, 0.4) is 0 Å². The van der Waals surface area contributed by atoms with Crippen molar-refractivity contribution in [1.82, 2.24) is 14.8 Å². The molecule has 0 unspecified atom stereocenters. The number of nitrogens with one attached hydrogen (secondary N) is 1. The van der Waals surface area contributed by atoms with Gasteiger partial charge in [0.05, 0.1) is 12.4 Å². The van der Waals surface area contributed by atoms with Gasteiger partial charge in [-0.05, 0) is 55.8 Å². The highest BCUT2D eigenvalue weighted by Crippen LogP contribution is 2.28. The average molecular weight is 417 g/mol. The summed E-state index contributed by atoms with van der Waals surface area (Å²) in [6, 6.07) is 13.0. The lowest BCUT2D eigenvalue weighted by Crippen LogP contribution is -2.23. The lowest BCUT2D eigenvalue weighted by atomic mass is 10.2. The van der Waals surface area contributed by atoms with Gasteiger partial charge >= 0.3 is 0 Å². The van der Waals surface area contributed by atoms with Gasteiger partial charge in [-0.25, -0.2) is 0 Å². The predicted molar refractivity (Wildman–Crippen MR) is 113 cm³/mol. The van der Waals surface area contributed by atoms with E-state index in [9.17, 15) is 4.79 Å². The zero-order valence-electron chi connectivity index (χ0n) is 16.1. The number of methoxy groups -OCH3 is 1. The molecule has 28 heavy (non-hydrogen) atoms. The number of carbonyl (C=O) groups excluding carboxylic acids is 1. The first kappa shape index (κ1) is 20.2. The number of hydrogen-bond acceptors (Lipinski definition) is 5. The zero-order chi connectivity index (χ0) is 20.3. The number of amides is 1. The van der Waals surface area contributed by atoms with Crippen molar-refractivity contribution in [3.8, 4) is 17.1 Å². The molecule has 0 radical (unpaired) electrons. The summed E-state index contributed by atoms with van der Waals surface area (Å²) in [6.07, 6.45) is 0. The highest BCUT2D eigenvalue weighted by Gasteiger charge is 2.20. The molecule has 0 aliphatic heterocycles. The maximum absolute atomic E-state index is 12.6. The molecule has 1 aromatic heterocycles. The van der Waals surface area contributed by atoms with Crippen LogP contribution in [0.4, 0.5) is 5.69 Å². The van der Waals surface area contributed by atoms with E-state index in [0.29, 0.717) is 15.9 Å². The highest BCUT2D eigenvalue weighted by molar-refractivity contribution is 8.00. The van der Waals surface area contributed by atoms with E-state index >= 15 is 0 Å². The van der Waals surface area contributed by atoms with Crippen LogP contribution in [0, 0.1) is 6.92 Å². The van der Waals surface area contributed by atoms with Gasteiger partial charge in [-0.15, -0.1) is 10.2 Å². The van der Waals surface area contributed by atoms with Gasteiger partial charge < -0.3 is 14.6 Å². The van der Waals surface area contributed by atoms with E-state index in [4.69, 9.17) is 16.3 Å². The van der Waals surface area contributed by atoms with Crippen molar-refractivity contribution < 1.29 is 9.53 Å². The average Bonchev–Trinajstić information content (AvgIpc) is 3.05. The third-order valence-electron chi connectivity index (χ3n) is 4.36. The summed E-state index contributed by atoms with van der Waals surface area (Å²) in [5.74, 6) is 1.38. The van der Waals surface area contributed by atoms with Crippen LogP contribution in [0.15, 0.2) is 47.6 Å². The number of aromatic nitrogens is 3. The van der Waals surface area contributed by atoms with Gasteiger partial charge in [0.25, 0.3) is 0 Å². The molecule has 3 aromatic rings. The van der Waals surface area contributed by atoms with Gasteiger partial charge in [0.1, 0.15) is 5.75 Å². The summed E-state index contributed by atoms with van der Waals surface area (Å²) in [6.45, 7) is 3.71. The number of halogens is 1. The van der Waals surface area contributed by atoms with Crippen LogP contribution in [0.25, 0.3) is 11.4 Å². The van der Waals surface area contributed by atoms with E-state index in [-0.39, 0.29) is 11.2 Å². The van der Waals surface area contributed by atoms with E-state index < -0.39 is 0 Å². The Morgan fingerprint density at radius 2 is 1.93 bits per heavy atom. The van der Waals surface area contributed by atoms with E-state index in [1.807, 2.05) is 61.9 Å². The third kappa shape index (κ3) is 4.31. The molecule has 0 bridgehead atoms. The minimum Gasteiger partial charge on any atom is -0.497 e. The highest BCUT2D eigenvalue weighted by atomic mass is 35.5. The van der Waals surface area contributed by atoms with E-state index in [1.54, 1.807) is 13.2 Å². The molecule has 1 amide bonds. The monoisotopic (exact) mass is 416 g/mol. The van der Waals surface area contributed by atoms with Crippen molar-refractivity contribution in [3.05, 3.63) is 53.1 Å². The van der Waals surface area contributed by atoms with Crippen molar-refractivity contribution in [3.63, 3.8) is 0 Å². The molecule has 0 aliphatic carbocycles. The lowest BCUT2D eigenvalue weighted by Gasteiger charge is -2.14. The molecular weight excluding hydrogens is 396 g/mol. The second-order valence-corrected chi connectivity index (χ2v) is 7.97. The standard InChI is InChI=1S/C20H21ClN4O2S/c1-12-16(21)6-5-7-17(12)22-19(26)13(2)28-20-24-23-18(25(20)3)14-8-10-15(27-4)11-9-14/h5-11,13H,1-4H3,(H,22,26)/t13-/m1/s1. The molecule has 1 heterocycles.